The van der Waals surface area contributed by atoms with Gasteiger partial charge >= 0.3 is 0 Å². The van der Waals surface area contributed by atoms with E-state index in [1.165, 1.54) is 22.7 Å². The molecule has 0 bridgehead atoms. The zero-order chi connectivity index (χ0) is 19.0. The molecule has 0 aliphatic carbocycles. The van der Waals surface area contributed by atoms with Gasteiger partial charge in [-0.3, -0.25) is 10.1 Å². The van der Waals surface area contributed by atoms with Crippen molar-refractivity contribution in [1.29, 1.82) is 0 Å². The summed E-state index contributed by atoms with van der Waals surface area (Å²) in [5.74, 6) is 1.60. The van der Waals surface area contributed by atoms with Crippen LogP contribution in [-0.2, 0) is 0 Å². The molecule has 3 aromatic rings. The number of hydrogen-bond donors (Lipinski definition) is 1. The van der Waals surface area contributed by atoms with E-state index in [2.05, 4.69) is 29.1 Å². The first-order valence-electron chi connectivity index (χ1n) is 8.65. The van der Waals surface area contributed by atoms with E-state index < -0.39 is 0 Å². The normalized spacial score (nSPS) is 13.0. The van der Waals surface area contributed by atoms with Gasteiger partial charge in [0.25, 0.3) is 5.91 Å². The molecular weight excluding hydrogens is 382 g/mol. The first-order chi connectivity index (χ1) is 13.0. The third-order valence-electron chi connectivity index (χ3n) is 4.08. The molecule has 0 saturated heterocycles. The molecule has 0 unspecified atom stereocenters. The van der Waals surface area contributed by atoms with Crippen LogP contribution < -0.4 is 14.8 Å². The van der Waals surface area contributed by atoms with Crippen molar-refractivity contribution < 1.29 is 14.3 Å². The van der Waals surface area contributed by atoms with Crippen molar-refractivity contribution in [2.24, 2.45) is 0 Å². The van der Waals surface area contributed by atoms with Gasteiger partial charge in [-0.05, 0) is 25.1 Å². The van der Waals surface area contributed by atoms with E-state index in [9.17, 15) is 4.79 Å². The van der Waals surface area contributed by atoms with E-state index in [1.807, 2.05) is 30.5 Å². The van der Waals surface area contributed by atoms with E-state index in [0.29, 0.717) is 29.1 Å². The van der Waals surface area contributed by atoms with Crippen molar-refractivity contribution in [1.82, 2.24) is 9.97 Å². The summed E-state index contributed by atoms with van der Waals surface area (Å²) in [4.78, 5) is 22.3. The van der Waals surface area contributed by atoms with Gasteiger partial charge in [-0.15, -0.1) is 22.7 Å². The van der Waals surface area contributed by atoms with Gasteiger partial charge in [0, 0.05) is 16.9 Å². The predicted octanol–water partition coefficient (Wildman–Crippen LogP) is 4.72. The number of carbonyl (C=O) groups excluding carboxylic acids is 1. The maximum atomic E-state index is 12.6. The van der Waals surface area contributed by atoms with Crippen molar-refractivity contribution in [3.63, 3.8) is 0 Å². The van der Waals surface area contributed by atoms with Crippen molar-refractivity contribution in [3.05, 3.63) is 39.2 Å². The summed E-state index contributed by atoms with van der Waals surface area (Å²) in [6.45, 7) is 7.11. The second-order valence-electron chi connectivity index (χ2n) is 6.47. The van der Waals surface area contributed by atoms with E-state index in [4.69, 9.17) is 9.47 Å². The monoisotopic (exact) mass is 401 g/mol. The Labute approximate surface area is 165 Å². The molecule has 0 spiro atoms. The fourth-order valence-corrected chi connectivity index (χ4v) is 4.37. The van der Waals surface area contributed by atoms with Crippen LogP contribution in [0.5, 0.6) is 11.5 Å². The number of ether oxygens (including phenoxy) is 2. The molecular formula is C19H19N3O3S2. The van der Waals surface area contributed by atoms with Crippen LogP contribution in [0.3, 0.4) is 0 Å². The molecule has 2 aromatic heterocycles. The summed E-state index contributed by atoms with van der Waals surface area (Å²) in [7, 11) is 0. The van der Waals surface area contributed by atoms with Crippen molar-refractivity contribution in [3.8, 4) is 22.8 Å². The molecule has 1 aromatic carbocycles. The van der Waals surface area contributed by atoms with Gasteiger partial charge < -0.3 is 9.47 Å². The van der Waals surface area contributed by atoms with Crippen LogP contribution in [0, 0.1) is 6.92 Å². The number of aryl methyl sites for hydroxylation is 1. The van der Waals surface area contributed by atoms with E-state index in [0.717, 1.165) is 33.5 Å². The van der Waals surface area contributed by atoms with Crippen LogP contribution in [0.2, 0.25) is 0 Å². The first-order valence-corrected chi connectivity index (χ1v) is 10.3. The van der Waals surface area contributed by atoms with Gasteiger partial charge in [-0.25, -0.2) is 9.97 Å². The first kappa shape index (κ1) is 17.9. The lowest BCUT2D eigenvalue weighted by atomic mass is 10.1. The van der Waals surface area contributed by atoms with Gasteiger partial charge in [0.2, 0.25) is 0 Å². The van der Waals surface area contributed by atoms with E-state index >= 15 is 0 Å². The Morgan fingerprint density at radius 1 is 1.19 bits per heavy atom. The highest BCUT2D eigenvalue weighted by Gasteiger charge is 2.19. The van der Waals surface area contributed by atoms with Crippen LogP contribution in [0.1, 0.15) is 40.1 Å². The Hall–Kier alpha value is -2.45. The second kappa shape index (κ2) is 7.28. The highest BCUT2D eigenvalue weighted by molar-refractivity contribution is 7.15. The molecule has 4 rings (SSSR count). The zero-order valence-corrected chi connectivity index (χ0v) is 16.9. The van der Waals surface area contributed by atoms with Crippen LogP contribution >= 0.6 is 22.7 Å². The van der Waals surface area contributed by atoms with Gasteiger partial charge in [0.15, 0.2) is 16.6 Å². The third kappa shape index (κ3) is 3.68. The Bertz CT molecular complexity index is 994. The van der Waals surface area contributed by atoms with Gasteiger partial charge in [0.05, 0.1) is 16.4 Å². The fraction of sp³-hybridized carbons (Fsp3) is 0.316. The number of rotatable bonds is 4. The highest BCUT2D eigenvalue weighted by Crippen LogP contribution is 2.35. The van der Waals surface area contributed by atoms with E-state index in [-0.39, 0.29) is 5.91 Å². The molecule has 6 nitrogen and oxygen atoms in total. The lowest BCUT2D eigenvalue weighted by Crippen LogP contribution is -2.15. The Morgan fingerprint density at radius 3 is 2.70 bits per heavy atom. The number of thiazole rings is 2. The second-order valence-corrected chi connectivity index (χ2v) is 8.36. The average molecular weight is 402 g/mol. The molecule has 0 saturated carbocycles. The Kier molecular flexibility index (Phi) is 4.84. The summed E-state index contributed by atoms with van der Waals surface area (Å²) < 4.78 is 11.2. The largest absolute Gasteiger partial charge is 0.486 e. The molecule has 27 heavy (non-hydrogen) atoms. The minimum absolute atomic E-state index is 0.167. The number of benzene rings is 1. The number of fused-ring (bicyclic) bond motifs is 1. The van der Waals surface area contributed by atoms with Crippen LogP contribution in [0.25, 0.3) is 11.3 Å². The molecule has 1 aliphatic rings. The lowest BCUT2D eigenvalue weighted by Gasteiger charge is -2.18. The molecule has 0 atom stereocenters. The summed E-state index contributed by atoms with van der Waals surface area (Å²) in [5, 5.41) is 6.33. The highest BCUT2D eigenvalue weighted by atomic mass is 32.1. The third-order valence-corrected chi connectivity index (χ3v) is 6.29. The maximum absolute atomic E-state index is 12.6. The fourth-order valence-electron chi connectivity index (χ4n) is 2.70. The molecule has 8 heteroatoms. The summed E-state index contributed by atoms with van der Waals surface area (Å²) >= 11 is 2.83. The number of hydrogen-bond acceptors (Lipinski definition) is 7. The minimum atomic E-state index is -0.167. The number of amides is 1. The topological polar surface area (TPSA) is 73.3 Å². The van der Waals surface area contributed by atoms with Gasteiger partial charge in [0.1, 0.15) is 18.1 Å². The predicted molar refractivity (Wildman–Crippen MR) is 107 cm³/mol. The SMILES string of the molecule is Cc1nc(C(C)C)sc1C(=O)Nc1nc(-c2ccc3c(c2)OCCO3)cs1. The number of anilines is 1. The van der Waals surface area contributed by atoms with Crippen LogP contribution in [0.15, 0.2) is 23.6 Å². The minimum Gasteiger partial charge on any atom is -0.486 e. The Balaban J connectivity index is 1.52. The molecule has 140 valence electrons. The van der Waals surface area contributed by atoms with Gasteiger partial charge in [-0.1, -0.05) is 13.8 Å². The Morgan fingerprint density at radius 2 is 1.96 bits per heavy atom. The van der Waals surface area contributed by atoms with Crippen molar-refractivity contribution in [2.75, 3.05) is 18.5 Å². The number of nitrogens with zero attached hydrogens (tertiary/aromatic N) is 2. The van der Waals surface area contributed by atoms with Crippen molar-refractivity contribution >= 4 is 33.7 Å². The molecule has 1 aliphatic heterocycles. The van der Waals surface area contributed by atoms with Crippen LogP contribution in [0.4, 0.5) is 5.13 Å². The number of aromatic nitrogens is 2. The van der Waals surface area contributed by atoms with Gasteiger partial charge in [-0.2, -0.15) is 0 Å². The summed E-state index contributed by atoms with van der Waals surface area (Å²) in [5.41, 5.74) is 2.47. The standard InChI is InChI=1S/C19H19N3O3S2/c1-10(2)18-20-11(3)16(27-18)17(23)22-19-21-13(9-26-19)12-4-5-14-15(8-12)25-7-6-24-14/h4-5,8-10H,6-7H2,1-3H3,(H,21,22,23). The molecule has 3 heterocycles. The molecule has 1 amide bonds. The molecule has 1 N–H and O–H groups in total. The quantitative estimate of drug-likeness (QED) is 0.685. The van der Waals surface area contributed by atoms with E-state index in [1.54, 1.807) is 0 Å². The van der Waals surface area contributed by atoms with Crippen molar-refractivity contribution in [2.45, 2.75) is 26.7 Å². The smallest absolute Gasteiger partial charge is 0.269 e. The molecule has 0 fully saturated rings. The average Bonchev–Trinajstić information content (AvgIpc) is 3.28. The molecule has 0 radical (unpaired) electrons. The summed E-state index contributed by atoms with van der Waals surface area (Å²) in [6, 6.07) is 5.74. The maximum Gasteiger partial charge on any atom is 0.269 e. The summed E-state index contributed by atoms with van der Waals surface area (Å²) in [6.07, 6.45) is 0. The zero-order valence-electron chi connectivity index (χ0n) is 15.2. The van der Waals surface area contributed by atoms with Crippen LogP contribution in [-0.4, -0.2) is 29.1 Å². The number of carbonyl (C=O) groups is 1. The lowest BCUT2D eigenvalue weighted by molar-refractivity contribution is 0.103. The number of nitrogens with one attached hydrogen (secondary N) is 1.